The molecule has 1 atom stereocenters. The zero-order chi connectivity index (χ0) is 23.6. The number of hydrogen-bond acceptors (Lipinski definition) is 8. The van der Waals surface area contributed by atoms with E-state index < -0.39 is 29.5 Å². The number of rotatable bonds is 7. The summed E-state index contributed by atoms with van der Waals surface area (Å²) in [7, 11) is 1.24. The van der Waals surface area contributed by atoms with Crippen LogP contribution in [-0.2, 0) is 9.47 Å². The SMILES string of the molecule is CCOc1cccc2cc(C(=O)OC(C)C(=O)c3[nH]c(C)c(C(=O)OC)c3C)c(=O)oc12. The van der Waals surface area contributed by atoms with Gasteiger partial charge in [0.2, 0.25) is 5.78 Å². The molecule has 1 unspecified atom stereocenters. The summed E-state index contributed by atoms with van der Waals surface area (Å²) in [5, 5.41) is 0.472. The number of carbonyl (C=O) groups is 3. The lowest BCUT2D eigenvalue weighted by Crippen LogP contribution is -2.27. The first kappa shape index (κ1) is 22.8. The maximum Gasteiger partial charge on any atom is 0.351 e. The van der Waals surface area contributed by atoms with E-state index in [1.54, 1.807) is 39.0 Å². The standard InChI is InChI=1S/C23H23NO8/c1-6-30-16-9-7-8-14-10-15(22(27)32-20(14)16)21(26)31-13(4)19(25)18-11(2)17(12(3)24-18)23(28)29-5/h7-10,13,24H,6H2,1-5H3. The van der Waals surface area contributed by atoms with Gasteiger partial charge in [0.05, 0.1) is 25.0 Å². The third-order valence-electron chi connectivity index (χ3n) is 4.97. The number of Topliss-reactive ketones (excluding diaryl/α,β-unsaturated/α-hetero) is 1. The van der Waals surface area contributed by atoms with Crippen molar-refractivity contribution in [2.75, 3.05) is 13.7 Å². The van der Waals surface area contributed by atoms with Crippen LogP contribution in [0, 0.1) is 13.8 Å². The molecule has 3 aromatic rings. The quantitative estimate of drug-likeness (QED) is 0.336. The van der Waals surface area contributed by atoms with Gasteiger partial charge in [-0.15, -0.1) is 0 Å². The van der Waals surface area contributed by atoms with E-state index in [0.717, 1.165) is 0 Å². The highest BCUT2D eigenvalue weighted by atomic mass is 16.5. The van der Waals surface area contributed by atoms with Crippen molar-refractivity contribution in [1.29, 1.82) is 0 Å². The molecule has 0 aliphatic carbocycles. The molecular formula is C23H23NO8. The van der Waals surface area contributed by atoms with Crippen LogP contribution in [0.3, 0.4) is 0 Å². The van der Waals surface area contributed by atoms with Crippen LogP contribution in [0.4, 0.5) is 0 Å². The number of H-pyrrole nitrogens is 1. The summed E-state index contributed by atoms with van der Waals surface area (Å²) in [6.45, 7) is 6.77. The van der Waals surface area contributed by atoms with E-state index in [9.17, 15) is 19.2 Å². The molecule has 1 aromatic carbocycles. The fraction of sp³-hybridized carbons (Fsp3) is 0.304. The van der Waals surface area contributed by atoms with Crippen molar-refractivity contribution in [2.45, 2.75) is 33.8 Å². The van der Waals surface area contributed by atoms with Crippen molar-refractivity contribution in [2.24, 2.45) is 0 Å². The average molecular weight is 441 g/mol. The number of esters is 2. The highest BCUT2D eigenvalue weighted by Crippen LogP contribution is 2.25. The Balaban J connectivity index is 1.87. The Bertz CT molecular complexity index is 1270. The van der Waals surface area contributed by atoms with Crippen LogP contribution in [0.2, 0.25) is 0 Å². The zero-order valence-electron chi connectivity index (χ0n) is 18.4. The number of aromatic amines is 1. The molecule has 9 nitrogen and oxygen atoms in total. The largest absolute Gasteiger partial charge is 0.490 e. The molecule has 1 N–H and O–H groups in total. The normalized spacial score (nSPS) is 11.8. The number of ketones is 1. The highest BCUT2D eigenvalue weighted by molar-refractivity contribution is 6.04. The smallest absolute Gasteiger partial charge is 0.351 e. The molecule has 0 aliphatic rings. The lowest BCUT2D eigenvalue weighted by atomic mass is 10.1. The van der Waals surface area contributed by atoms with Gasteiger partial charge >= 0.3 is 17.6 Å². The molecule has 9 heteroatoms. The molecule has 0 spiro atoms. The lowest BCUT2D eigenvalue weighted by molar-refractivity contribution is 0.0313. The Morgan fingerprint density at radius 1 is 1.16 bits per heavy atom. The molecule has 0 radical (unpaired) electrons. The predicted octanol–water partition coefficient (Wildman–Crippen LogP) is 3.35. The van der Waals surface area contributed by atoms with Crippen LogP contribution in [-0.4, -0.2) is 42.5 Å². The van der Waals surface area contributed by atoms with Crippen LogP contribution in [0.25, 0.3) is 11.0 Å². The molecule has 2 heterocycles. The number of aromatic nitrogens is 1. The van der Waals surface area contributed by atoms with E-state index in [0.29, 0.717) is 29.0 Å². The van der Waals surface area contributed by atoms with E-state index in [4.69, 9.17) is 18.6 Å². The summed E-state index contributed by atoms with van der Waals surface area (Å²) in [5.41, 5.74) is 0.166. The molecule has 0 saturated heterocycles. The summed E-state index contributed by atoms with van der Waals surface area (Å²) < 4.78 is 20.7. The van der Waals surface area contributed by atoms with Gasteiger partial charge in [-0.25, -0.2) is 14.4 Å². The first-order valence-electron chi connectivity index (χ1n) is 9.91. The van der Waals surface area contributed by atoms with Gasteiger partial charge in [0.15, 0.2) is 17.4 Å². The summed E-state index contributed by atoms with van der Waals surface area (Å²) in [6, 6.07) is 6.34. The second-order valence-corrected chi connectivity index (χ2v) is 7.08. The van der Waals surface area contributed by atoms with E-state index in [1.807, 2.05) is 0 Å². The summed E-state index contributed by atoms with van der Waals surface area (Å²) in [4.78, 5) is 52.6. The van der Waals surface area contributed by atoms with Gasteiger partial charge in [0, 0.05) is 11.1 Å². The third kappa shape index (κ3) is 4.14. The van der Waals surface area contributed by atoms with Crippen LogP contribution in [0.1, 0.15) is 56.3 Å². The lowest BCUT2D eigenvalue weighted by Gasteiger charge is -2.12. The van der Waals surface area contributed by atoms with Gasteiger partial charge in [-0.1, -0.05) is 12.1 Å². The topological polar surface area (TPSA) is 125 Å². The fourth-order valence-electron chi connectivity index (χ4n) is 3.41. The van der Waals surface area contributed by atoms with Gasteiger partial charge in [0.1, 0.15) is 5.56 Å². The molecular weight excluding hydrogens is 418 g/mol. The maximum atomic E-state index is 12.8. The zero-order valence-corrected chi connectivity index (χ0v) is 18.4. The Morgan fingerprint density at radius 2 is 1.88 bits per heavy atom. The Labute approximate surface area is 183 Å². The number of fused-ring (bicyclic) bond motifs is 1. The Morgan fingerprint density at radius 3 is 2.53 bits per heavy atom. The second kappa shape index (κ2) is 9.09. The molecule has 0 fully saturated rings. The minimum atomic E-state index is -1.23. The van der Waals surface area contributed by atoms with E-state index in [1.165, 1.54) is 20.1 Å². The van der Waals surface area contributed by atoms with Crippen molar-refractivity contribution in [3.8, 4) is 5.75 Å². The number of carbonyl (C=O) groups excluding carboxylic acids is 3. The molecule has 168 valence electrons. The number of benzene rings is 1. The van der Waals surface area contributed by atoms with Crippen LogP contribution < -0.4 is 10.4 Å². The van der Waals surface area contributed by atoms with E-state index >= 15 is 0 Å². The second-order valence-electron chi connectivity index (χ2n) is 7.08. The van der Waals surface area contributed by atoms with Crippen molar-refractivity contribution in [1.82, 2.24) is 4.98 Å². The maximum absolute atomic E-state index is 12.8. The number of aryl methyl sites for hydroxylation is 1. The minimum Gasteiger partial charge on any atom is -0.490 e. The van der Waals surface area contributed by atoms with Gasteiger partial charge < -0.3 is 23.6 Å². The van der Waals surface area contributed by atoms with Crippen LogP contribution in [0.15, 0.2) is 33.5 Å². The van der Waals surface area contributed by atoms with E-state index in [-0.39, 0.29) is 22.4 Å². The van der Waals surface area contributed by atoms with Crippen LogP contribution >= 0.6 is 0 Å². The van der Waals surface area contributed by atoms with Gasteiger partial charge in [-0.2, -0.15) is 0 Å². The number of nitrogens with one attached hydrogen (secondary N) is 1. The van der Waals surface area contributed by atoms with Gasteiger partial charge in [-0.05, 0) is 45.4 Å². The number of para-hydroxylation sites is 1. The summed E-state index contributed by atoms with van der Waals surface area (Å²) in [6.07, 6.45) is -1.23. The molecule has 0 bridgehead atoms. The molecule has 0 saturated carbocycles. The van der Waals surface area contributed by atoms with Crippen molar-refractivity contribution < 1.29 is 33.0 Å². The Hall–Kier alpha value is -3.88. The predicted molar refractivity (Wildman–Crippen MR) is 114 cm³/mol. The average Bonchev–Trinajstić information content (AvgIpc) is 3.06. The summed E-state index contributed by atoms with van der Waals surface area (Å²) in [5.74, 6) is -1.76. The molecule has 32 heavy (non-hydrogen) atoms. The molecule has 2 aromatic heterocycles. The molecule has 0 amide bonds. The fourth-order valence-corrected chi connectivity index (χ4v) is 3.41. The number of methoxy groups -OCH3 is 1. The minimum absolute atomic E-state index is 0.120. The summed E-state index contributed by atoms with van der Waals surface area (Å²) >= 11 is 0. The van der Waals surface area contributed by atoms with Crippen LogP contribution in [0.5, 0.6) is 5.75 Å². The monoisotopic (exact) mass is 441 g/mol. The van der Waals surface area contributed by atoms with Crippen molar-refractivity contribution in [3.63, 3.8) is 0 Å². The number of ether oxygens (including phenoxy) is 3. The van der Waals surface area contributed by atoms with E-state index in [2.05, 4.69) is 4.98 Å². The first-order valence-corrected chi connectivity index (χ1v) is 9.91. The number of hydrogen-bond donors (Lipinski definition) is 1. The first-order chi connectivity index (χ1) is 15.2. The van der Waals surface area contributed by atoms with Gasteiger partial charge in [0.25, 0.3) is 0 Å². The van der Waals surface area contributed by atoms with Crippen molar-refractivity contribution in [3.05, 3.63) is 62.8 Å². The Kier molecular flexibility index (Phi) is 6.47. The van der Waals surface area contributed by atoms with Crippen molar-refractivity contribution >= 4 is 28.7 Å². The molecule has 3 rings (SSSR count). The third-order valence-corrected chi connectivity index (χ3v) is 4.97. The highest BCUT2D eigenvalue weighted by Gasteiger charge is 2.28. The molecule has 0 aliphatic heterocycles. The van der Waals surface area contributed by atoms with Gasteiger partial charge in [-0.3, -0.25) is 4.79 Å².